The number of carbonyl (C=O) groups is 1. The van der Waals surface area contributed by atoms with Crippen molar-refractivity contribution in [3.8, 4) is 0 Å². The maximum Gasteiger partial charge on any atom is 0.307 e. The lowest BCUT2D eigenvalue weighted by molar-refractivity contribution is -0.136. The van der Waals surface area contributed by atoms with Crippen molar-refractivity contribution in [3.63, 3.8) is 0 Å². The van der Waals surface area contributed by atoms with Crippen LogP contribution in [0.1, 0.15) is 19.3 Å². The standard InChI is InChI=1S/C9H15NO2.ClH/c11-9(12)3-1-2-8-4-6-10-7-5-8;/h1-2,8,10H,3-7H2,(H,11,12);1H/b2-1+;. The van der Waals surface area contributed by atoms with Crippen LogP contribution in [0.5, 0.6) is 0 Å². The highest BCUT2D eigenvalue weighted by atomic mass is 35.5. The van der Waals surface area contributed by atoms with Gasteiger partial charge in [-0.05, 0) is 31.8 Å². The van der Waals surface area contributed by atoms with E-state index in [9.17, 15) is 4.79 Å². The molecule has 76 valence electrons. The van der Waals surface area contributed by atoms with Gasteiger partial charge in [0, 0.05) is 0 Å². The quantitative estimate of drug-likeness (QED) is 0.686. The van der Waals surface area contributed by atoms with Gasteiger partial charge in [-0.2, -0.15) is 0 Å². The van der Waals surface area contributed by atoms with Gasteiger partial charge in [0.05, 0.1) is 6.42 Å². The van der Waals surface area contributed by atoms with Crippen LogP contribution < -0.4 is 5.32 Å². The first-order valence-electron chi connectivity index (χ1n) is 4.38. The number of carboxylic acids is 1. The summed E-state index contributed by atoms with van der Waals surface area (Å²) in [5, 5.41) is 11.6. The molecule has 0 aromatic heterocycles. The van der Waals surface area contributed by atoms with E-state index in [0.29, 0.717) is 5.92 Å². The molecule has 0 aromatic rings. The van der Waals surface area contributed by atoms with Gasteiger partial charge in [-0.15, -0.1) is 12.4 Å². The first-order chi connectivity index (χ1) is 5.79. The summed E-state index contributed by atoms with van der Waals surface area (Å²) in [5.74, 6) is -0.161. The van der Waals surface area contributed by atoms with Crippen LogP contribution in [0.2, 0.25) is 0 Å². The van der Waals surface area contributed by atoms with E-state index in [1.54, 1.807) is 6.08 Å². The zero-order chi connectivity index (χ0) is 8.81. The van der Waals surface area contributed by atoms with Crippen molar-refractivity contribution in [2.24, 2.45) is 5.92 Å². The average Bonchev–Trinajstić information content (AvgIpc) is 2.05. The highest BCUT2D eigenvalue weighted by Crippen LogP contribution is 2.12. The number of hydrogen-bond acceptors (Lipinski definition) is 2. The van der Waals surface area contributed by atoms with Crippen LogP contribution >= 0.6 is 12.4 Å². The van der Waals surface area contributed by atoms with E-state index in [1.807, 2.05) is 6.08 Å². The van der Waals surface area contributed by atoms with Gasteiger partial charge in [0.1, 0.15) is 0 Å². The second-order valence-corrected chi connectivity index (χ2v) is 3.11. The largest absolute Gasteiger partial charge is 0.481 e. The highest BCUT2D eigenvalue weighted by Gasteiger charge is 2.08. The molecule has 13 heavy (non-hydrogen) atoms. The SMILES string of the molecule is Cl.O=C(O)C/C=C/C1CCNCC1. The van der Waals surface area contributed by atoms with Crippen LogP contribution in [-0.2, 0) is 4.79 Å². The Morgan fingerprint density at radius 3 is 2.62 bits per heavy atom. The Kier molecular flexibility index (Phi) is 6.63. The number of piperidine rings is 1. The summed E-state index contributed by atoms with van der Waals surface area (Å²) in [6.45, 7) is 2.12. The number of carboxylic acid groups (broad SMARTS) is 1. The first-order valence-corrected chi connectivity index (χ1v) is 4.38. The Morgan fingerprint density at radius 2 is 2.08 bits per heavy atom. The molecule has 0 aliphatic carbocycles. The summed E-state index contributed by atoms with van der Waals surface area (Å²) in [6.07, 6.45) is 6.23. The van der Waals surface area contributed by atoms with E-state index in [4.69, 9.17) is 5.11 Å². The van der Waals surface area contributed by atoms with Crippen LogP contribution in [0.4, 0.5) is 0 Å². The van der Waals surface area contributed by atoms with Crippen molar-refractivity contribution in [2.45, 2.75) is 19.3 Å². The van der Waals surface area contributed by atoms with E-state index >= 15 is 0 Å². The third-order valence-electron chi connectivity index (χ3n) is 2.08. The fourth-order valence-corrected chi connectivity index (χ4v) is 1.40. The molecule has 0 amide bonds. The lowest BCUT2D eigenvalue weighted by Gasteiger charge is -2.18. The minimum atomic E-state index is -0.750. The average molecular weight is 206 g/mol. The summed E-state index contributed by atoms with van der Waals surface area (Å²) in [7, 11) is 0. The van der Waals surface area contributed by atoms with Crippen LogP contribution in [0.15, 0.2) is 12.2 Å². The Labute approximate surface area is 84.6 Å². The zero-order valence-electron chi connectivity index (χ0n) is 7.53. The molecule has 0 atom stereocenters. The van der Waals surface area contributed by atoms with Gasteiger partial charge < -0.3 is 10.4 Å². The lowest BCUT2D eigenvalue weighted by atomic mass is 9.97. The summed E-state index contributed by atoms with van der Waals surface area (Å²) in [5.41, 5.74) is 0. The molecule has 0 bridgehead atoms. The van der Waals surface area contributed by atoms with Crippen molar-refractivity contribution in [3.05, 3.63) is 12.2 Å². The van der Waals surface area contributed by atoms with Gasteiger partial charge in [0.15, 0.2) is 0 Å². The van der Waals surface area contributed by atoms with Gasteiger partial charge in [-0.1, -0.05) is 12.2 Å². The molecule has 1 saturated heterocycles. The second-order valence-electron chi connectivity index (χ2n) is 3.11. The minimum Gasteiger partial charge on any atom is -0.481 e. The number of halogens is 1. The topological polar surface area (TPSA) is 49.3 Å². The number of rotatable bonds is 3. The van der Waals surface area contributed by atoms with Crippen LogP contribution in [0.3, 0.4) is 0 Å². The number of nitrogens with one attached hydrogen (secondary N) is 1. The molecule has 0 unspecified atom stereocenters. The molecular weight excluding hydrogens is 190 g/mol. The van der Waals surface area contributed by atoms with Gasteiger partial charge in [-0.3, -0.25) is 4.79 Å². The van der Waals surface area contributed by atoms with Gasteiger partial charge in [0.2, 0.25) is 0 Å². The maximum atomic E-state index is 10.2. The van der Waals surface area contributed by atoms with E-state index in [2.05, 4.69) is 5.32 Å². The van der Waals surface area contributed by atoms with Crippen molar-refractivity contribution in [2.75, 3.05) is 13.1 Å². The lowest BCUT2D eigenvalue weighted by Crippen LogP contribution is -2.26. The summed E-state index contributed by atoms with van der Waals surface area (Å²) in [4.78, 5) is 10.2. The second kappa shape index (κ2) is 6.92. The molecular formula is C9H16ClNO2. The Morgan fingerprint density at radius 1 is 1.46 bits per heavy atom. The van der Waals surface area contributed by atoms with E-state index in [0.717, 1.165) is 25.9 Å². The van der Waals surface area contributed by atoms with E-state index in [-0.39, 0.29) is 18.8 Å². The van der Waals surface area contributed by atoms with Crippen molar-refractivity contribution in [1.29, 1.82) is 0 Å². The molecule has 0 aromatic carbocycles. The van der Waals surface area contributed by atoms with Crippen molar-refractivity contribution < 1.29 is 9.90 Å². The zero-order valence-corrected chi connectivity index (χ0v) is 8.35. The molecule has 1 heterocycles. The molecule has 1 aliphatic rings. The Hall–Kier alpha value is -0.540. The summed E-state index contributed by atoms with van der Waals surface area (Å²) in [6, 6.07) is 0. The molecule has 1 fully saturated rings. The summed E-state index contributed by atoms with van der Waals surface area (Å²) >= 11 is 0. The van der Waals surface area contributed by atoms with Crippen LogP contribution in [-0.4, -0.2) is 24.2 Å². The molecule has 4 heteroatoms. The molecule has 0 spiro atoms. The Bertz CT molecular complexity index is 176. The third-order valence-corrected chi connectivity index (χ3v) is 2.08. The van der Waals surface area contributed by atoms with Gasteiger partial charge >= 0.3 is 5.97 Å². The monoisotopic (exact) mass is 205 g/mol. The van der Waals surface area contributed by atoms with Crippen LogP contribution in [0, 0.1) is 5.92 Å². The molecule has 1 rings (SSSR count). The van der Waals surface area contributed by atoms with Crippen molar-refractivity contribution >= 4 is 18.4 Å². The van der Waals surface area contributed by atoms with Crippen LogP contribution in [0.25, 0.3) is 0 Å². The fourth-order valence-electron chi connectivity index (χ4n) is 1.40. The molecule has 0 saturated carbocycles. The predicted molar refractivity (Wildman–Crippen MR) is 54.2 cm³/mol. The number of aliphatic carboxylic acids is 1. The van der Waals surface area contributed by atoms with Gasteiger partial charge in [0.25, 0.3) is 0 Å². The molecule has 1 aliphatic heterocycles. The number of hydrogen-bond donors (Lipinski definition) is 2. The van der Waals surface area contributed by atoms with E-state index in [1.165, 1.54) is 0 Å². The van der Waals surface area contributed by atoms with E-state index < -0.39 is 5.97 Å². The fraction of sp³-hybridized carbons (Fsp3) is 0.667. The summed E-state index contributed by atoms with van der Waals surface area (Å²) < 4.78 is 0. The predicted octanol–water partition coefficient (Wildman–Crippen LogP) is 1.44. The molecule has 3 nitrogen and oxygen atoms in total. The first kappa shape index (κ1) is 12.5. The Balaban J connectivity index is 0.00000144. The normalized spacial score (nSPS) is 18.5. The maximum absolute atomic E-state index is 10.2. The highest BCUT2D eigenvalue weighted by molar-refractivity contribution is 5.85. The smallest absolute Gasteiger partial charge is 0.307 e. The third kappa shape index (κ3) is 5.66. The number of allylic oxidation sites excluding steroid dienone is 1. The minimum absolute atomic E-state index is 0. The molecule has 0 radical (unpaired) electrons. The van der Waals surface area contributed by atoms with Crippen molar-refractivity contribution in [1.82, 2.24) is 5.32 Å². The molecule has 2 N–H and O–H groups in total. The van der Waals surface area contributed by atoms with Gasteiger partial charge in [-0.25, -0.2) is 0 Å².